The first-order valence-electron chi connectivity index (χ1n) is 9.46. The van der Waals surface area contributed by atoms with E-state index in [4.69, 9.17) is 0 Å². The molecule has 1 aliphatic heterocycles. The number of halogens is 2. The fraction of sp³-hybridized carbons (Fsp3) is 0.429. The molecule has 3 rings (SSSR count). The minimum Gasteiger partial charge on any atom is -0.356 e. The third-order valence-corrected chi connectivity index (χ3v) is 5.01. The molecule has 1 aromatic carbocycles. The molecule has 0 bridgehead atoms. The number of pyridine rings is 1. The highest BCUT2D eigenvalue weighted by molar-refractivity contribution is 14.0. The molecule has 2 unspecified atom stereocenters. The van der Waals surface area contributed by atoms with Gasteiger partial charge in [0.05, 0.1) is 0 Å². The molecular weight excluding hydrogens is 468 g/mol. The normalized spacial score (nSPS) is 17.8. The van der Waals surface area contributed by atoms with Gasteiger partial charge >= 0.3 is 0 Å². The van der Waals surface area contributed by atoms with Crippen molar-refractivity contribution in [2.75, 3.05) is 31.6 Å². The average Bonchev–Trinajstić information content (AvgIpc) is 3.14. The molecule has 1 aromatic heterocycles. The summed E-state index contributed by atoms with van der Waals surface area (Å²) in [4.78, 5) is 10.5. The maximum Gasteiger partial charge on any atom is 0.191 e. The predicted octanol–water partition coefficient (Wildman–Crippen LogP) is 3.69. The van der Waals surface area contributed by atoms with Crippen LogP contribution in [0.4, 0.5) is 10.2 Å². The number of rotatable bonds is 5. The zero-order chi connectivity index (χ0) is 19.2. The first kappa shape index (κ1) is 22.4. The van der Waals surface area contributed by atoms with Gasteiger partial charge in [-0.3, -0.25) is 4.99 Å². The summed E-state index contributed by atoms with van der Waals surface area (Å²) in [5, 5.41) is 6.85. The molecule has 2 N–H and O–H groups in total. The Morgan fingerprint density at radius 3 is 2.75 bits per heavy atom. The Balaban J connectivity index is 0.00000280. The SMILES string of the molecule is CN=C(NCC(C)c1ccc(C)cc1)NC1CCN(c2ncccc2F)C1.I. The molecule has 0 spiro atoms. The lowest BCUT2D eigenvalue weighted by Crippen LogP contribution is -2.45. The molecular formula is C21H29FIN5. The fourth-order valence-corrected chi connectivity index (χ4v) is 3.33. The summed E-state index contributed by atoms with van der Waals surface area (Å²) in [7, 11) is 1.77. The maximum absolute atomic E-state index is 13.9. The van der Waals surface area contributed by atoms with Gasteiger partial charge in [0.1, 0.15) is 0 Å². The second-order valence-corrected chi connectivity index (χ2v) is 7.15. The lowest BCUT2D eigenvalue weighted by Gasteiger charge is -2.21. The number of nitrogens with one attached hydrogen (secondary N) is 2. The van der Waals surface area contributed by atoms with E-state index >= 15 is 0 Å². The van der Waals surface area contributed by atoms with Gasteiger partial charge in [-0.2, -0.15) is 0 Å². The third kappa shape index (κ3) is 5.80. The molecule has 1 aliphatic rings. The summed E-state index contributed by atoms with van der Waals surface area (Å²) < 4.78 is 13.9. The number of guanidine groups is 1. The van der Waals surface area contributed by atoms with E-state index in [0.717, 1.165) is 25.5 Å². The first-order valence-corrected chi connectivity index (χ1v) is 9.46. The Bertz CT molecular complexity index is 781. The number of benzene rings is 1. The van der Waals surface area contributed by atoms with Gasteiger partial charge < -0.3 is 15.5 Å². The Labute approximate surface area is 183 Å². The first-order chi connectivity index (χ1) is 13.1. The minimum atomic E-state index is -0.271. The van der Waals surface area contributed by atoms with Crippen LogP contribution in [0.2, 0.25) is 0 Å². The summed E-state index contributed by atoms with van der Waals surface area (Å²) in [5.74, 6) is 1.32. The van der Waals surface area contributed by atoms with Gasteiger partial charge in [0.2, 0.25) is 0 Å². The van der Waals surface area contributed by atoms with Gasteiger partial charge in [-0.25, -0.2) is 9.37 Å². The van der Waals surface area contributed by atoms with Crippen LogP contribution < -0.4 is 15.5 Å². The van der Waals surface area contributed by atoms with Crippen LogP contribution in [-0.4, -0.2) is 43.7 Å². The van der Waals surface area contributed by atoms with Crippen molar-refractivity contribution in [2.45, 2.75) is 32.2 Å². The monoisotopic (exact) mass is 497 g/mol. The van der Waals surface area contributed by atoms with Crippen molar-refractivity contribution in [3.63, 3.8) is 0 Å². The lowest BCUT2D eigenvalue weighted by atomic mass is 10.0. The van der Waals surface area contributed by atoms with Crippen molar-refractivity contribution in [2.24, 2.45) is 4.99 Å². The molecule has 0 amide bonds. The highest BCUT2D eigenvalue weighted by Crippen LogP contribution is 2.20. The predicted molar refractivity (Wildman–Crippen MR) is 124 cm³/mol. The van der Waals surface area contributed by atoms with Gasteiger partial charge in [-0.15, -0.1) is 24.0 Å². The van der Waals surface area contributed by atoms with E-state index in [1.165, 1.54) is 17.2 Å². The van der Waals surface area contributed by atoms with Crippen LogP contribution in [0, 0.1) is 12.7 Å². The van der Waals surface area contributed by atoms with E-state index < -0.39 is 0 Å². The van der Waals surface area contributed by atoms with Crippen molar-refractivity contribution in [3.05, 3.63) is 59.5 Å². The summed E-state index contributed by atoms with van der Waals surface area (Å²) in [6.45, 7) is 6.59. The Hall–Kier alpha value is -1.90. The zero-order valence-corrected chi connectivity index (χ0v) is 19.0. The molecule has 2 heterocycles. The van der Waals surface area contributed by atoms with Crippen molar-refractivity contribution in [3.8, 4) is 0 Å². The average molecular weight is 497 g/mol. The van der Waals surface area contributed by atoms with Crippen LogP contribution in [0.25, 0.3) is 0 Å². The molecule has 5 nitrogen and oxygen atoms in total. The van der Waals surface area contributed by atoms with Gasteiger partial charge in [0.25, 0.3) is 0 Å². The van der Waals surface area contributed by atoms with Crippen molar-refractivity contribution < 1.29 is 4.39 Å². The van der Waals surface area contributed by atoms with Crippen molar-refractivity contribution in [1.82, 2.24) is 15.6 Å². The van der Waals surface area contributed by atoms with Crippen LogP contribution in [0.5, 0.6) is 0 Å². The molecule has 2 atom stereocenters. The molecule has 0 radical (unpaired) electrons. The zero-order valence-electron chi connectivity index (χ0n) is 16.7. The van der Waals surface area contributed by atoms with E-state index in [0.29, 0.717) is 18.3 Å². The Morgan fingerprint density at radius 1 is 1.32 bits per heavy atom. The van der Waals surface area contributed by atoms with Crippen LogP contribution in [0.15, 0.2) is 47.6 Å². The van der Waals surface area contributed by atoms with E-state index in [1.54, 1.807) is 19.3 Å². The quantitative estimate of drug-likeness (QED) is 0.376. The molecule has 1 fully saturated rings. The highest BCUT2D eigenvalue weighted by atomic mass is 127. The van der Waals surface area contributed by atoms with Crippen LogP contribution >= 0.6 is 24.0 Å². The summed E-state index contributed by atoms with van der Waals surface area (Å²) >= 11 is 0. The fourth-order valence-electron chi connectivity index (χ4n) is 3.33. The topological polar surface area (TPSA) is 52.6 Å². The van der Waals surface area contributed by atoms with E-state index in [1.807, 2.05) is 4.90 Å². The molecule has 1 saturated heterocycles. The van der Waals surface area contributed by atoms with Gasteiger partial charge in [0.15, 0.2) is 17.6 Å². The molecule has 152 valence electrons. The number of aromatic nitrogens is 1. The van der Waals surface area contributed by atoms with E-state index in [9.17, 15) is 4.39 Å². The lowest BCUT2D eigenvalue weighted by molar-refractivity contribution is 0.611. The van der Waals surface area contributed by atoms with E-state index in [-0.39, 0.29) is 35.8 Å². The highest BCUT2D eigenvalue weighted by Gasteiger charge is 2.26. The van der Waals surface area contributed by atoms with Gasteiger partial charge in [-0.1, -0.05) is 36.8 Å². The summed E-state index contributed by atoms with van der Waals surface area (Å²) in [5.41, 5.74) is 2.58. The summed E-state index contributed by atoms with van der Waals surface area (Å²) in [6.07, 6.45) is 2.55. The summed E-state index contributed by atoms with van der Waals surface area (Å²) in [6, 6.07) is 11.9. The third-order valence-electron chi connectivity index (χ3n) is 5.01. The number of aryl methyl sites for hydroxylation is 1. The van der Waals surface area contributed by atoms with Crippen LogP contribution in [0.3, 0.4) is 0 Å². The van der Waals surface area contributed by atoms with E-state index in [2.05, 4.69) is 58.7 Å². The minimum absolute atomic E-state index is 0. The Morgan fingerprint density at radius 2 is 2.07 bits per heavy atom. The second kappa shape index (κ2) is 10.6. The molecule has 2 aromatic rings. The molecule has 7 heteroatoms. The van der Waals surface area contributed by atoms with Crippen molar-refractivity contribution in [1.29, 1.82) is 0 Å². The van der Waals surface area contributed by atoms with Gasteiger partial charge in [-0.05, 0) is 37.0 Å². The molecule has 0 saturated carbocycles. The number of hydrogen-bond donors (Lipinski definition) is 2. The standard InChI is InChI=1S/C21H28FN5.HI/c1-15-6-8-17(9-7-15)16(2)13-25-21(23-3)26-18-10-12-27(14-18)20-19(22)5-4-11-24-20;/h4-9,11,16,18H,10,12-14H2,1-3H3,(H2,23,25,26);1H. The van der Waals surface area contributed by atoms with Crippen molar-refractivity contribution >= 4 is 35.8 Å². The number of anilines is 1. The number of aliphatic imine (C=N–C) groups is 1. The molecule has 0 aliphatic carbocycles. The maximum atomic E-state index is 13.9. The second-order valence-electron chi connectivity index (χ2n) is 7.15. The largest absolute Gasteiger partial charge is 0.356 e. The number of nitrogens with zero attached hydrogens (tertiary/aromatic N) is 3. The van der Waals surface area contributed by atoms with Crippen LogP contribution in [0.1, 0.15) is 30.4 Å². The van der Waals surface area contributed by atoms with Gasteiger partial charge in [0, 0.05) is 38.9 Å². The van der Waals surface area contributed by atoms with Crippen LogP contribution in [-0.2, 0) is 0 Å². The smallest absolute Gasteiger partial charge is 0.191 e. The number of hydrogen-bond acceptors (Lipinski definition) is 3. The Kier molecular flexibility index (Phi) is 8.47. The molecule has 28 heavy (non-hydrogen) atoms.